The fourth-order valence-electron chi connectivity index (χ4n) is 1.80. The zero-order valence-electron chi connectivity index (χ0n) is 10.2. The third-order valence-corrected chi connectivity index (χ3v) is 2.67. The van der Waals surface area contributed by atoms with Gasteiger partial charge < -0.3 is 9.53 Å². The van der Waals surface area contributed by atoms with Gasteiger partial charge in [-0.25, -0.2) is 0 Å². The molecule has 0 aliphatic heterocycles. The van der Waals surface area contributed by atoms with Crippen LogP contribution in [0.15, 0.2) is 48.8 Å². The first-order valence-electron chi connectivity index (χ1n) is 5.70. The molecule has 0 fully saturated rings. The highest BCUT2D eigenvalue weighted by Crippen LogP contribution is 2.27. The van der Waals surface area contributed by atoms with Crippen LogP contribution in [0.25, 0.3) is 0 Å². The molecule has 6 heteroatoms. The van der Waals surface area contributed by atoms with E-state index in [-0.39, 0.29) is 5.75 Å². The topological polar surface area (TPSA) is 39.2 Å². The van der Waals surface area contributed by atoms with Gasteiger partial charge in [0, 0.05) is 12.4 Å². The Morgan fingerprint density at radius 2 is 1.55 bits per heavy atom. The van der Waals surface area contributed by atoms with Crippen molar-refractivity contribution in [1.29, 1.82) is 0 Å². The zero-order chi connectivity index (χ0) is 14.6. The van der Waals surface area contributed by atoms with Crippen LogP contribution >= 0.6 is 0 Å². The smallest absolute Gasteiger partial charge is 0.406 e. The van der Waals surface area contributed by atoms with E-state index in [1.54, 1.807) is 24.5 Å². The lowest BCUT2D eigenvalue weighted by Crippen LogP contribution is -2.17. The number of rotatable bonds is 4. The second-order valence-corrected chi connectivity index (χ2v) is 4.01. The van der Waals surface area contributed by atoms with E-state index >= 15 is 0 Å². The molecule has 0 saturated heterocycles. The minimum atomic E-state index is -4.73. The van der Waals surface area contributed by atoms with Crippen LogP contribution in [0.5, 0.6) is 5.75 Å². The van der Waals surface area contributed by atoms with Gasteiger partial charge in [-0.3, -0.25) is 4.98 Å². The molecule has 0 aliphatic rings. The summed E-state index contributed by atoms with van der Waals surface area (Å²) in [7, 11) is 0. The second-order valence-electron chi connectivity index (χ2n) is 4.01. The van der Waals surface area contributed by atoms with Crippen LogP contribution in [-0.2, 0) is 4.79 Å². The van der Waals surface area contributed by atoms with Crippen molar-refractivity contribution in [2.75, 3.05) is 0 Å². The second kappa shape index (κ2) is 5.73. The number of carbonyl (C=O) groups excluding carboxylic acids is 1. The number of nitrogens with zero attached hydrogens (tertiary/aromatic N) is 1. The van der Waals surface area contributed by atoms with E-state index in [9.17, 15) is 18.0 Å². The van der Waals surface area contributed by atoms with Gasteiger partial charge in [0.1, 0.15) is 12.0 Å². The van der Waals surface area contributed by atoms with Gasteiger partial charge in [-0.05, 0) is 35.4 Å². The summed E-state index contributed by atoms with van der Waals surface area (Å²) in [5, 5.41) is 0. The molecule has 1 aromatic carbocycles. The van der Waals surface area contributed by atoms with Gasteiger partial charge in [-0.1, -0.05) is 12.1 Å². The van der Waals surface area contributed by atoms with Gasteiger partial charge in [0.2, 0.25) is 0 Å². The van der Waals surface area contributed by atoms with Gasteiger partial charge in [-0.2, -0.15) is 0 Å². The Hall–Kier alpha value is -2.37. The lowest BCUT2D eigenvalue weighted by Gasteiger charge is -2.13. The van der Waals surface area contributed by atoms with Crippen LogP contribution in [0.1, 0.15) is 17.0 Å². The monoisotopic (exact) mass is 281 g/mol. The molecule has 1 aromatic heterocycles. The Balaban J connectivity index is 2.22. The molecule has 2 aromatic rings. The van der Waals surface area contributed by atoms with E-state index in [4.69, 9.17) is 0 Å². The fraction of sp³-hybridized carbons (Fsp3) is 0.143. The summed E-state index contributed by atoms with van der Waals surface area (Å²) in [6.07, 6.45) is -0.897. The Bertz CT molecular complexity index is 567. The van der Waals surface area contributed by atoms with Crippen molar-refractivity contribution in [3.05, 3.63) is 59.9 Å². The van der Waals surface area contributed by atoms with Crippen LogP contribution in [0, 0.1) is 0 Å². The molecule has 1 unspecified atom stereocenters. The molecule has 1 atom stereocenters. The first-order valence-corrected chi connectivity index (χ1v) is 5.70. The molecule has 0 spiro atoms. The van der Waals surface area contributed by atoms with Crippen molar-refractivity contribution >= 4 is 6.29 Å². The standard InChI is InChI=1S/C14H10F3NO2/c15-14(16,17)20-12-3-1-10(2-4-12)13(9-19)11-5-7-18-8-6-11/h1-9,13H. The summed E-state index contributed by atoms with van der Waals surface area (Å²) in [6, 6.07) is 8.58. The number of aldehydes is 1. The normalized spacial score (nSPS) is 12.8. The summed E-state index contributed by atoms with van der Waals surface area (Å²) >= 11 is 0. The van der Waals surface area contributed by atoms with Gasteiger partial charge in [0.15, 0.2) is 0 Å². The molecule has 2 rings (SSSR count). The Kier molecular flexibility index (Phi) is 4.02. The molecule has 0 radical (unpaired) electrons. The Labute approximate surface area is 113 Å². The SMILES string of the molecule is O=CC(c1ccncc1)c1ccc(OC(F)(F)F)cc1. The molecule has 20 heavy (non-hydrogen) atoms. The van der Waals surface area contributed by atoms with E-state index < -0.39 is 12.3 Å². The van der Waals surface area contributed by atoms with Gasteiger partial charge in [0.25, 0.3) is 0 Å². The molecular formula is C14H10F3NO2. The summed E-state index contributed by atoms with van der Waals surface area (Å²) in [6.45, 7) is 0. The van der Waals surface area contributed by atoms with Crippen molar-refractivity contribution in [2.24, 2.45) is 0 Å². The highest BCUT2D eigenvalue weighted by atomic mass is 19.4. The largest absolute Gasteiger partial charge is 0.573 e. The van der Waals surface area contributed by atoms with E-state index in [2.05, 4.69) is 9.72 Å². The van der Waals surface area contributed by atoms with Crippen LogP contribution < -0.4 is 4.74 Å². The summed E-state index contributed by atoms with van der Waals surface area (Å²) in [5.74, 6) is -0.862. The number of ether oxygens (including phenoxy) is 1. The van der Waals surface area contributed by atoms with Crippen molar-refractivity contribution in [2.45, 2.75) is 12.3 Å². The highest BCUT2D eigenvalue weighted by Gasteiger charge is 2.31. The average Bonchev–Trinajstić information content (AvgIpc) is 2.41. The molecule has 104 valence electrons. The van der Waals surface area contributed by atoms with E-state index in [0.29, 0.717) is 5.56 Å². The molecule has 0 saturated carbocycles. The van der Waals surface area contributed by atoms with Crippen molar-refractivity contribution in [3.63, 3.8) is 0 Å². The summed E-state index contributed by atoms with van der Waals surface area (Å²) < 4.78 is 39.9. The zero-order valence-corrected chi connectivity index (χ0v) is 10.2. The number of carbonyl (C=O) groups is 1. The Morgan fingerprint density at radius 3 is 2.05 bits per heavy atom. The molecule has 0 aliphatic carbocycles. The first kappa shape index (κ1) is 14.0. The lowest BCUT2D eigenvalue weighted by molar-refractivity contribution is -0.274. The number of alkyl halides is 3. The van der Waals surface area contributed by atoms with Crippen molar-refractivity contribution in [3.8, 4) is 5.75 Å². The van der Waals surface area contributed by atoms with Gasteiger partial charge >= 0.3 is 6.36 Å². The lowest BCUT2D eigenvalue weighted by atomic mass is 9.93. The number of hydrogen-bond donors (Lipinski definition) is 0. The molecule has 0 amide bonds. The van der Waals surface area contributed by atoms with E-state index in [0.717, 1.165) is 11.8 Å². The van der Waals surface area contributed by atoms with Gasteiger partial charge in [0.05, 0.1) is 5.92 Å². The minimum Gasteiger partial charge on any atom is -0.406 e. The predicted octanol–water partition coefficient (Wildman–Crippen LogP) is 3.31. The van der Waals surface area contributed by atoms with Crippen molar-refractivity contribution in [1.82, 2.24) is 4.98 Å². The maximum Gasteiger partial charge on any atom is 0.573 e. The maximum atomic E-state index is 12.0. The molecule has 0 bridgehead atoms. The average molecular weight is 281 g/mol. The fourth-order valence-corrected chi connectivity index (χ4v) is 1.80. The summed E-state index contributed by atoms with van der Waals surface area (Å²) in [4.78, 5) is 15.0. The predicted molar refractivity (Wildman–Crippen MR) is 65.3 cm³/mol. The number of halogens is 3. The number of pyridine rings is 1. The number of aromatic nitrogens is 1. The van der Waals surface area contributed by atoms with Gasteiger partial charge in [-0.15, -0.1) is 13.2 Å². The summed E-state index contributed by atoms with van der Waals surface area (Å²) in [5.41, 5.74) is 1.31. The quantitative estimate of drug-likeness (QED) is 0.807. The minimum absolute atomic E-state index is 0.319. The van der Waals surface area contributed by atoms with Crippen LogP contribution in [-0.4, -0.2) is 17.6 Å². The molecule has 3 nitrogen and oxygen atoms in total. The third kappa shape index (κ3) is 3.57. The van der Waals surface area contributed by atoms with E-state index in [1.165, 1.54) is 24.3 Å². The molecule has 0 N–H and O–H groups in total. The molecule has 1 heterocycles. The van der Waals surface area contributed by atoms with Crippen molar-refractivity contribution < 1.29 is 22.7 Å². The number of benzene rings is 1. The third-order valence-electron chi connectivity index (χ3n) is 2.67. The highest BCUT2D eigenvalue weighted by molar-refractivity contribution is 5.68. The van der Waals surface area contributed by atoms with Crippen LogP contribution in [0.4, 0.5) is 13.2 Å². The molecular weight excluding hydrogens is 271 g/mol. The van der Waals surface area contributed by atoms with Crippen LogP contribution in [0.3, 0.4) is 0 Å². The first-order chi connectivity index (χ1) is 9.49. The Morgan fingerprint density at radius 1 is 1.00 bits per heavy atom. The maximum absolute atomic E-state index is 12.0. The van der Waals surface area contributed by atoms with E-state index in [1.807, 2.05) is 0 Å². The van der Waals surface area contributed by atoms with Crippen LogP contribution in [0.2, 0.25) is 0 Å². The number of hydrogen-bond acceptors (Lipinski definition) is 3.